The summed E-state index contributed by atoms with van der Waals surface area (Å²) < 4.78 is 38.3. The minimum absolute atomic E-state index is 0.0411. The molecule has 2 aromatic rings. The van der Waals surface area contributed by atoms with Crippen molar-refractivity contribution in [1.29, 1.82) is 0 Å². The topological polar surface area (TPSA) is 106 Å². The van der Waals surface area contributed by atoms with E-state index in [0.717, 1.165) is 5.56 Å². The van der Waals surface area contributed by atoms with Gasteiger partial charge in [-0.3, -0.25) is 0 Å². The van der Waals surface area contributed by atoms with Crippen molar-refractivity contribution < 1.29 is 17.7 Å². The SMILES string of the molecule is COCCc1nc(CNS(=O)(=O)NCc2ccccc2)no1. The molecule has 0 unspecified atom stereocenters. The van der Waals surface area contributed by atoms with Crippen LogP contribution in [0.5, 0.6) is 0 Å². The summed E-state index contributed by atoms with van der Waals surface area (Å²) in [6, 6.07) is 9.23. The van der Waals surface area contributed by atoms with Crippen LogP contribution in [0.2, 0.25) is 0 Å². The molecule has 2 rings (SSSR count). The Hall–Kier alpha value is -1.81. The van der Waals surface area contributed by atoms with Gasteiger partial charge >= 0.3 is 0 Å². The third kappa shape index (κ3) is 5.53. The molecule has 1 aromatic carbocycles. The summed E-state index contributed by atoms with van der Waals surface area (Å²) in [5.41, 5.74) is 0.870. The highest BCUT2D eigenvalue weighted by Gasteiger charge is 2.12. The second kappa shape index (κ2) is 7.99. The van der Waals surface area contributed by atoms with E-state index in [9.17, 15) is 8.42 Å². The lowest BCUT2D eigenvalue weighted by Gasteiger charge is -2.06. The van der Waals surface area contributed by atoms with Crippen molar-refractivity contribution in [3.63, 3.8) is 0 Å². The summed E-state index contributed by atoms with van der Waals surface area (Å²) in [5, 5.41) is 3.69. The minimum atomic E-state index is -3.63. The van der Waals surface area contributed by atoms with E-state index in [1.165, 1.54) is 0 Å². The van der Waals surface area contributed by atoms with E-state index in [2.05, 4.69) is 19.6 Å². The maximum absolute atomic E-state index is 11.8. The zero-order valence-corrected chi connectivity index (χ0v) is 13.0. The number of nitrogens with one attached hydrogen (secondary N) is 2. The van der Waals surface area contributed by atoms with E-state index in [4.69, 9.17) is 9.26 Å². The van der Waals surface area contributed by atoms with E-state index < -0.39 is 10.2 Å². The normalized spacial score (nSPS) is 11.7. The summed E-state index contributed by atoms with van der Waals surface area (Å²) >= 11 is 0. The third-order valence-corrected chi connectivity index (χ3v) is 3.81. The van der Waals surface area contributed by atoms with Gasteiger partial charge in [0.15, 0.2) is 5.82 Å². The molecule has 0 aliphatic carbocycles. The Bertz CT molecular complexity index is 672. The van der Waals surface area contributed by atoms with Crippen molar-refractivity contribution in [2.75, 3.05) is 13.7 Å². The highest BCUT2D eigenvalue weighted by molar-refractivity contribution is 7.87. The molecule has 0 spiro atoms. The van der Waals surface area contributed by atoms with Crippen LogP contribution in [0.1, 0.15) is 17.3 Å². The van der Waals surface area contributed by atoms with Gasteiger partial charge in [-0.25, -0.2) is 0 Å². The van der Waals surface area contributed by atoms with Gasteiger partial charge in [0.25, 0.3) is 10.2 Å². The first-order chi connectivity index (χ1) is 10.6. The molecule has 120 valence electrons. The number of nitrogens with zero attached hydrogens (tertiary/aromatic N) is 2. The fourth-order valence-electron chi connectivity index (χ4n) is 1.64. The standard InChI is InChI=1S/C13H18N4O4S/c1-20-8-7-13-16-12(17-21-13)10-15-22(18,19)14-9-11-5-3-2-4-6-11/h2-6,14-15H,7-10H2,1H3. The lowest BCUT2D eigenvalue weighted by atomic mass is 10.2. The van der Waals surface area contributed by atoms with Crippen LogP contribution in [0.4, 0.5) is 0 Å². The van der Waals surface area contributed by atoms with Crippen LogP contribution < -0.4 is 9.44 Å². The van der Waals surface area contributed by atoms with Gasteiger partial charge in [-0.2, -0.15) is 22.8 Å². The Morgan fingerprint density at radius 1 is 1.18 bits per heavy atom. The summed E-state index contributed by atoms with van der Waals surface area (Å²) in [7, 11) is -2.06. The fourth-order valence-corrected chi connectivity index (χ4v) is 2.42. The maximum atomic E-state index is 11.8. The van der Waals surface area contributed by atoms with E-state index in [1.54, 1.807) is 7.11 Å². The molecular formula is C13H18N4O4S. The molecule has 1 heterocycles. The van der Waals surface area contributed by atoms with E-state index in [0.29, 0.717) is 18.9 Å². The van der Waals surface area contributed by atoms with Gasteiger partial charge < -0.3 is 9.26 Å². The molecule has 0 aliphatic heterocycles. The van der Waals surface area contributed by atoms with Gasteiger partial charge in [0.1, 0.15) is 0 Å². The third-order valence-electron chi connectivity index (χ3n) is 2.76. The van der Waals surface area contributed by atoms with Crippen LogP contribution in [0.15, 0.2) is 34.9 Å². The first-order valence-corrected chi connectivity index (χ1v) is 8.16. The van der Waals surface area contributed by atoms with E-state index >= 15 is 0 Å². The van der Waals surface area contributed by atoms with Gasteiger partial charge in [-0.15, -0.1) is 0 Å². The van der Waals surface area contributed by atoms with Gasteiger partial charge in [-0.05, 0) is 5.56 Å². The van der Waals surface area contributed by atoms with E-state index in [1.807, 2.05) is 30.3 Å². The number of rotatable bonds is 9. The zero-order chi connectivity index (χ0) is 15.8. The summed E-state index contributed by atoms with van der Waals surface area (Å²) in [4.78, 5) is 4.06. The lowest BCUT2D eigenvalue weighted by molar-refractivity contribution is 0.192. The molecule has 9 heteroatoms. The highest BCUT2D eigenvalue weighted by Crippen LogP contribution is 2.00. The molecule has 0 amide bonds. The first kappa shape index (κ1) is 16.6. The Balaban J connectivity index is 1.80. The first-order valence-electron chi connectivity index (χ1n) is 6.67. The average molecular weight is 326 g/mol. The minimum Gasteiger partial charge on any atom is -0.384 e. The fraction of sp³-hybridized carbons (Fsp3) is 0.385. The average Bonchev–Trinajstić information content (AvgIpc) is 2.98. The van der Waals surface area contributed by atoms with Crippen LogP contribution >= 0.6 is 0 Å². The van der Waals surface area contributed by atoms with Gasteiger partial charge in [-0.1, -0.05) is 35.5 Å². The van der Waals surface area contributed by atoms with Crippen LogP contribution in [0, 0.1) is 0 Å². The molecule has 8 nitrogen and oxygen atoms in total. The lowest BCUT2D eigenvalue weighted by Crippen LogP contribution is -2.35. The Morgan fingerprint density at radius 3 is 2.64 bits per heavy atom. The van der Waals surface area contributed by atoms with Gasteiger partial charge in [0.2, 0.25) is 5.89 Å². The second-order valence-corrected chi connectivity index (χ2v) is 6.06. The Morgan fingerprint density at radius 2 is 1.91 bits per heavy atom. The van der Waals surface area contributed by atoms with Gasteiger partial charge in [0.05, 0.1) is 19.6 Å². The largest absolute Gasteiger partial charge is 0.384 e. The molecule has 2 N–H and O–H groups in total. The Labute approximate surface area is 129 Å². The number of methoxy groups -OCH3 is 1. The van der Waals surface area contributed by atoms with Crippen molar-refractivity contribution in [2.45, 2.75) is 19.5 Å². The number of aromatic nitrogens is 2. The molecule has 22 heavy (non-hydrogen) atoms. The van der Waals surface area contributed by atoms with Crippen molar-refractivity contribution >= 4 is 10.2 Å². The number of benzene rings is 1. The van der Waals surface area contributed by atoms with E-state index in [-0.39, 0.29) is 18.9 Å². The van der Waals surface area contributed by atoms with Crippen LogP contribution in [0.3, 0.4) is 0 Å². The number of hydrogen-bond acceptors (Lipinski definition) is 6. The van der Waals surface area contributed by atoms with Crippen molar-refractivity contribution in [2.24, 2.45) is 0 Å². The maximum Gasteiger partial charge on any atom is 0.277 e. The molecular weight excluding hydrogens is 308 g/mol. The monoisotopic (exact) mass is 326 g/mol. The number of ether oxygens (including phenoxy) is 1. The molecule has 0 fully saturated rings. The summed E-state index contributed by atoms with van der Waals surface area (Å²) in [6.07, 6.45) is 0.489. The van der Waals surface area contributed by atoms with Crippen LogP contribution in [-0.4, -0.2) is 32.3 Å². The quantitative estimate of drug-likeness (QED) is 0.690. The van der Waals surface area contributed by atoms with Crippen molar-refractivity contribution in [3.05, 3.63) is 47.6 Å². The highest BCUT2D eigenvalue weighted by atomic mass is 32.2. The molecule has 0 radical (unpaired) electrons. The van der Waals surface area contributed by atoms with Crippen LogP contribution in [-0.2, 0) is 34.5 Å². The second-order valence-electron chi connectivity index (χ2n) is 4.48. The predicted octanol–water partition coefficient (Wildman–Crippen LogP) is 0.383. The Kier molecular flexibility index (Phi) is 6.01. The molecule has 0 saturated carbocycles. The van der Waals surface area contributed by atoms with Crippen LogP contribution in [0.25, 0.3) is 0 Å². The molecule has 0 atom stereocenters. The zero-order valence-electron chi connectivity index (χ0n) is 12.2. The van der Waals surface area contributed by atoms with Crippen molar-refractivity contribution in [3.8, 4) is 0 Å². The van der Waals surface area contributed by atoms with Crippen molar-refractivity contribution in [1.82, 2.24) is 19.6 Å². The molecule has 0 saturated heterocycles. The number of hydrogen-bond donors (Lipinski definition) is 2. The molecule has 0 bridgehead atoms. The molecule has 0 aliphatic rings. The van der Waals surface area contributed by atoms with Gasteiger partial charge in [0, 0.05) is 13.7 Å². The summed E-state index contributed by atoms with van der Waals surface area (Å²) in [6.45, 7) is 0.633. The smallest absolute Gasteiger partial charge is 0.277 e. The predicted molar refractivity (Wildman–Crippen MR) is 78.9 cm³/mol. The molecule has 1 aromatic heterocycles. The summed E-state index contributed by atoms with van der Waals surface area (Å²) in [5.74, 6) is 0.685.